The van der Waals surface area contributed by atoms with Gasteiger partial charge in [-0.3, -0.25) is 18.6 Å². The summed E-state index contributed by atoms with van der Waals surface area (Å²) in [6.45, 7) is 1.91. The maximum Gasteiger partial charge on any atom is 0.472 e. The van der Waals surface area contributed by atoms with Crippen LogP contribution in [0.1, 0.15) is 110 Å². The molecule has 0 aliphatic rings. The Kier molecular flexibility index (Phi) is 22.6. The van der Waals surface area contributed by atoms with Crippen molar-refractivity contribution < 1.29 is 46.8 Å². The predicted molar refractivity (Wildman–Crippen MR) is 151 cm³/mol. The highest BCUT2D eigenvalue weighted by Crippen LogP contribution is 2.43. The van der Waals surface area contributed by atoms with Crippen molar-refractivity contribution in [2.45, 2.75) is 116 Å². The third-order valence-corrected chi connectivity index (χ3v) is 7.10. The van der Waals surface area contributed by atoms with Crippen LogP contribution in [0.15, 0.2) is 0 Å². The molecule has 2 atom stereocenters. The molecule has 0 aromatic rings. The van der Waals surface area contributed by atoms with Gasteiger partial charge in [-0.1, -0.05) is 84.0 Å². The van der Waals surface area contributed by atoms with Crippen LogP contribution >= 0.6 is 7.82 Å². The summed E-state index contributed by atoms with van der Waals surface area (Å²) in [5.74, 6) is -1.12. The van der Waals surface area contributed by atoms with E-state index in [-0.39, 0.29) is 32.5 Å². The molecule has 0 aromatic carbocycles. The Morgan fingerprint density at radius 2 is 1.33 bits per heavy atom. The third kappa shape index (κ3) is 26.7. The number of phosphoric acid groups is 1. The van der Waals surface area contributed by atoms with E-state index < -0.39 is 32.5 Å². The van der Waals surface area contributed by atoms with E-state index in [0.717, 1.165) is 12.8 Å². The van der Waals surface area contributed by atoms with Gasteiger partial charge in [0, 0.05) is 12.8 Å². The zero-order valence-corrected chi connectivity index (χ0v) is 25.8. The van der Waals surface area contributed by atoms with Gasteiger partial charge in [-0.15, -0.1) is 0 Å². The molecule has 0 saturated heterocycles. The van der Waals surface area contributed by atoms with Crippen molar-refractivity contribution in [2.24, 2.45) is 0 Å². The van der Waals surface area contributed by atoms with Crippen molar-refractivity contribution in [1.82, 2.24) is 0 Å². The fraction of sp³-hybridized carbons (Fsp3) is 0.893. The molecule has 0 radical (unpaired) electrons. The van der Waals surface area contributed by atoms with E-state index in [2.05, 4.69) is 6.92 Å². The Labute approximate surface area is 236 Å². The number of aldehydes is 1. The molecule has 11 heteroatoms. The first kappa shape index (κ1) is 37.7. The second kappa shape index (κ2) is 23.4. The van der Waals surface area contributed by atoms with E-state index in [1.807, 2.05) is 21.1 Å². The van der Waals surface area contributed by atoms with Crippen molar-refractivity contribution in [3.63, 3.8) is 0 Å². The molecule has 1 N–H and O–H groups in total. The van der Waals surface area contributed by atoms with E-state index in [9.17, 15) is 23.8 Å². The summed E-state index contributed by atoms with van der Waals surface area (Å²) >= 11 is 0. The van der Waals surface area contributed by atoms with Gasteiger partial charge in [-0.25, -0.2) is 4.57 Å². The molecule has 0 saturated carbocycles. The normalized spacial score (nSPS) is 14.0. The van der Waals surface area contributed by atoms with Gasteiger partial charge in [0.2, 0.25) is 0 Å². The predicted octanol–water partition coefficient (Wildman–Crippen LogP) is 5.74. The second-order valence-corrected chi connectivity index (χ2v) is 12.6. The molecule has 1 unspecified atom stereocenters. The number of carbonyl (C=O) groups is 3. The van der Waals surface area contributed by atoms with Crippen LogP contribution in [0, 0.1) is 0 Å². The molecule has 0 bridgehead atoms. The van der Waals surface area contributed by atoms with Crippen molar-refractivity contribution >= 4 is 26.0 Å². The molecule has 0 aliphatic carbocycles. The first-order valence-corrected chi connectivity index (χ1v) is 16.2. The number of esters is 2. The van der Waals surface area contributed by atoms with Gasteiger partial charge in [0.15, 0.2) is 6.10 Å². The van der Waals surface area contributed by atoms with Crippen molar-refractivity contribution in [1.29, 1.82) is 0 Å². The van der Waals surface area contributed by atoms with Crippen LogP contribution in [0.4, 0.5) is 0 Å². The summed E-state index contributed by atoms with van der Waals surface area (Å²) < 4.78 is 33.0. The molecule has 230 valence electrons. The van der Waals surface area contributed by atoms with Gasteiger partial charge in [0.1, 0.15) is 26.0 Å². The zero-order valence-electron chi connectivity index (χ0n) is 24.9. The van der Waals surface area contributed by atoms with Gasteiger partial charge >= 0.3 is 19.8 Å². The molecule has 0 amide bonds. The Balaban J connectivity index is 4.22. The van der Waals surface area contributed by atoms with Crippen LogP contribution in [0.25, 0.3) is 0 Å². The van der Waals surface area contributed by atoms with Gasteiger partial charge in [-0.05, 0) is 6.42 Å². The lowest BCUT2D eigenvalue weighted by Crippen LogP contribution is -2.37. The summed E-state index contributed by atoms with van der Waals surface area (Å²) in [7, 11) is 1.34. The fourth-order valence-corrected chi connectivity index (χ4v) is 4.47. The number of carbonyl (C=O) groups excluding carboxylic acids is 3. The summed E-state index contributed by atoms with van der Waals surface area (Å²) in [6.07, 6.45) is 15.3. The zero-order chi connectivity index (χ0) is 29.4. The quantitative estimate of drug-likeness (QED) is 0.0425. The molecule has 0 heterocycles. The lowest BCUT2D eigenvalue weighted by atomic mass is 10.0. The van der Waals surface area contributed by atoms with Crippen LogP contribution in [0.5, 0.6) is 0 Å². The van der Waals surface area contributed by atoms with E-state index in [0.29, 0.717) is 23.7 Å². The van der Waals surface area contributed by atoms with Crippen molar-refractivity contribution in [2.75, 3.05) is 47.5 Å². The van der Waals surface area contributed by atoms with Gasteiger partial charge in [0.25, 0.3) is 0 Å². The molecule has 0 fully saturated rings. The summed E-state index contributed by atoms with van der Waals surface area (Å²) in [6, 6.07) is 0. The summed E-state index contributed by atoms with van der Waals surface area (Å²) in [4.78, 5) is 44.5. The third-order valence-electron chi connectivity index (χ3n) is 6.12. The van der Waals surface area contributed by atoms with E-state index >= 15 is 0 Å². The van der Waals surface area contributed by atoms with Crippen LogP contribution < -0.4 is 0 Å². The minimum Gasteiger partial charge on any atom is -0.462 e. The number of phosphoric ester groups is 1. The van der Waals surface area contributed by atoms with Crippen LogP contribution in [-0.4, -0.2) is 81.2 Å². The van der Waals surface area contributed by atoms with Gasteiger partial charge < -0.3 is 23.6 Å². The lowest BCUT2D eigenvalue weighted by Gasteiger charge is -2.24. The first-order chi connectivity index (χ1) is 18.5. The smallest absolute Gasteiger partial charge is 0.462 e. The monoisotopic (exact) mass is 580 g/mol. The number of ether oxygens (including phenoxy) is 2. The molecule has 10 nitrogen and oxygen atoms in total. The topological polar surface area (TPSA) is 125 Å². The Morgan fingerprint density at radius 1 is 0.795 bits per heavy atom. The number of hydrogen-bond acceptors (Lipinski definition) is 8. The maximum atomic E-state index is 12.2. The largest absolute Gasteiger partial charge is 0.472 e. The number of hydrogen-bond donors (Lipinski definition) is 1. The minimum atomic E-state index is -4.39. The highest BCUT2D eigenvalue weighted by atomic mass is 31.2. The summed E-state index contributed by atoms with van der Waals surface area (Å²) in [5, 5.41) is 0. The van der Waals surface area contributed by atoms with E-state index in [1.54, 1.807) is 0 Å². The standard InChI is InChI=1S/C28H54NO9P/c1-5-6-7-8-9-10-11-12-13-14-15-16-17-19-27(31)35-24-26(38-28(32)20-18-22-30)25-37-39(33,34)36-23-21-29(2,3)4/h22,26H,5-21,23-25H2,1-4H3/p+1/t26-/m1/s1. The average Bonchev–Trinajstić information content (AvgIpc) is 2.86. The molecule has 0 aliphatic heterocycles. The molecule has 39 heavy (non-hydrogen) atoms. The Hall–Kier alpha value is -1.32. The minimum absolute atomic E-state index is 0.00478. The van der Waals surface area contributed by atoms with E-state index in [1.165, 1.54) is 64.2 Å². The van der Waals surface area contributed by atoms with Crippen molar-refractivity contribution in [3.05, 3.63) is 0 Å². The Bertz CT molecular complexity index is 697. The number of nitrogens with zero attached hydrogens (tertiary/aromatic N) is 1. The van der Waals surface area contributed by atoms with E-state index in [4.69, 9.17) is 18.5 Å². The SMILES string of the molecule is CCCCCCCCCCCCCCCC(=O)OC[C@H](COP(=O)(O)OCC[N+](C)(C)C)OC(=O)CCC=O. The number of quaternary nitrogens is 1. The maximum absolute atomic E-state index is 12.2. The number of rotatable bonds is 27. The number of unbranched alkanes of at least 4 members (excludes halogenated alkanes) is 12. The lowest BCUT2D eigenvalue weighted by molar-refractivity contribution is -0.870. The summed E-state index contributed by atoms with van der Waals surface area (Å²) in [5.41, 5.74) is 0. The average molecular weight is 581 g/mol. The second-order valence-electron chi connectivity index (χ2n) is 11.1. The van der Waals surface area contributed by atoms with Crippen LogP contribution in [0.2, 0.25) is 0 Å². The molecular formula is C28H55NO9P+. The fourth-order valence-electron chi connectivity index (χ4n) is 3.73. The van der Waals surface area contributed by atoms with Gasteiger partial charge in [0.05, 0.1) is 34.2 Å². The highest BCUT2D eigenvalue weighted by Gasteiger charge is 2.27. The van der Waals surface area contributed by atoms with Gasteiger partial charge in [-0.2, -0.15) is 0 Å². The van der Waals surface area contributed by atoms with Crippen LogP contribution in [-0.2, 0) is 37.5 Å². The Morgan fingerprint density at radius 3 is 1.85 bits per heavy atom. The highest BCUT2D eigenvalue weighted by molar-refractivity contribution is 7.47. The molecule has 0 rings (SSSR count). The van der Waals surface area contributed by atoms with Crippen LogP contribution in [0.3, 0.4) is 0 Å². The molecule has 0 spiro atoms. The van der Waals surface area contributed by atoms with Crippen molar-refractivity contribution in [3.8, 4) is 0 Å². The first-order valence-electron chi connectivity index (χ1n) is 14.7. The molecule has 0 aromatic heterocycles. The number of likely N-dealkylation sites (N-methyl/N-ethyl adjacent to an activating group) is 1. The molecular weight excluding hydrogens is 525 g/mol.